The lowest BCUT2D eigenvalue weighted by Gasteiger charge is -2.34. The molecule has 1 aliphatic heterocycles. The van der Waals surface area contributed by atoms with Gasteiger partial charge in [0.2, 0.25) is 0 Å². The lowest BCUT2D eigenvalue weighted by molar-refractivity contribution is 0.0139. The molecule has 1 aromatic rings. The number of hydrogen-bond donors (Lipinski definition) is 1. The number of morpholine rings is 1. The van der Waals surface area contributed by atoms with Crippen LogP contribution in [0.1, 0.15) is 18.0 Å². The third-order valence-electron chi connectivity index (χ3n) is 3.24. The maximum atomic E-state index is 13.8. The van der Waals surface area contributed by atoms with Gasteiger partial charge in [-0.1, -0.05) is 0 Å². The van der Waals surface area contributed by atoms with Gasteiger partial charge in [0, 0.05) is 24.7 Å². The number of benzene rings is 1. The van der Waals surface area contributed by atoms with E-state index in [-0.39, 0.29) is 11.9 Å². The Balaban J connectivity index is 2.24. The number of nitrogens with zero attached hydrogens (tertiary/aromatic N) is 1. The van der Waals surface area contributed by atoms with E-state index < -0.39 is 5.82 Å². The van der Waals surface area contributed by atoms with Crippen LogP contribution in [0.5, 0.6) is 0 Å². The molecule has 0 bridgehead atoms. The van der Waals surface area contributed by atoms with Crippen LogP contribution in [0, 0.1) is 11.6 Å². The monoisotopic (exact) mass is 256 g/mol. The summed E-state index contributed by atoms with van der Waals surface area (Å²) in [5.41, 5.74) is 5.98. The minimum atomic E-state index is -0.415. The van der Waals surface area contributed by atoms with Crippen LogP contribution in [0.25, 0.3) is 0 Å². The zero-order valence-electron chi connectivity index (χ0n) is 10.2. The van der Waals surface area contributed by atoms with Crippen molar-refractivity contribution in [2.24, 2.45) is 5.73 Å². The molecule has 1 saturated heterocycles. The second kappa shape index (κ2) is 6.22. The Morgan fingerprint density at radius 1 is 1.28 bits per heavy atom. The molecule has 0 aliphatic carbocycles. The van der Waals surface area contributed by atoms with Crippen LogP contribution >= 0.6 is 0 Å². The molecule has 5 heteroatoms. The highest BCUT2D eigenvalue weighted by atomic mass is 19.1. The van der Waals surface area contributed by atoms with Crippen molar-refractivity contribution in [1.29, 1.82) is 0 Å². The highest BCUT2D eigenvalue weighted by molar-refractivity contribution is 5.22. The first-order valence-electron chi connectivity index (χ1n) is 6.19. The summed E-state index contributed by atoms with van der Waals surface area (Å²) < 4.78 is 32.4. The van der Waals surface area contributed by atoms with Crippen molar-refractivity contribution in [3.05, 3.63) is 35.4 Å². The first-order chi connectivity index (χ1) is 8.72. The molecule has 0 amide bonds. The summed E-state index contributed by atoms with van der Waals surface area (Å²) in [5.74, 6) is -0.789. The molecule has 1 aromatic carbocycles. The maximum absolute atomic E-state index is 13.8. The first-order valence-corrected chi connectivity index (χ1v) is 6.19. The molecule has 0 spiro atoms. The normalized spacial score (nSPS) is 18.8. The van der Waals surface area contributed by atoms with Gasteiger partial charge < -0.3 is 10.5 Å². The Morgan fingerprint density at radius 3 is 2.67 bits per heavy atom. The van der Waals surface area contributed by atoms with Gasteiger partial charge >= 0.3 is 0 Å². The summed E-state index contributed by atoms with van der Waals surface area (Å²) in [5, 5.41) is 0. The van der Waals surface area contributed by atoms with Crippen LogP contribution in [0.15, 0.2) is 18.2 Å². The highest BCUT2D eigenvalue weighted by Gasteiger charge is 2.24. The zero-order chi connectivity index (χ0) is 13.0. The van der Waals surface area contributed by atoms with Crippen molar-refractivity contribution < 1.29 is 13.5 Å². The SMILES string of the molecule is NCCC(c1cc(F)ccc1F)N1CCOCC1. The number of rotatable bonds is 4. The molecule has 1 aliphatic rings. The third-order valence-corrected chi connectivity index (χ3v) is 3.24. The van der Waals surface area contributed by atoms with E-state index in [1.807, 2.05) is 0 Å². The van der Waals surface area contributed by atoms with Crippen LogP contribution in [0.4, 0.5) is 8.78 Å². The van der Waals surface area contributed by atoms with E-state index in [0.29, 0.717) is 31.7 Å². The van der Waals surface area contributed by atoms with E-state index in [0.717, 1.165) is 19.2 Å². The molecular formula is C13H18F2N2O. The Bertz CT molecular complexity index is 395. The van der Waals surface area contributed by atoms with Gasteiger partial charge in [0.15, 0.2) is 0 Å². The van der Waals surface area contributed by atoms with E-state index >= 15 is 0 Å². The predicted octanol–water partition coefficient (Wildman–Crippen LogP) is 1.69. The van der Waals surface area contributed by atoms with Gasteiger partial charge in [0.05, 0.1) is 13.2 Å². The lowest BCUT2D eigenvalue weighted by atomic mass is 10.0. The van der Waals surface area contributed by atoms with Gasteiger partial charge in [0.25, 0.3) is 0 Å². The topological polar surface area (TPSA) is 38.5 Å². The van der Waals surface area contributed by atoms with Crippen molar-refractivity contribution in [1.82, 2.24) is 4.90 Å². The van der Waals surface area contributed by atoms with Gasteiger partial charge in [-0.15, -0.1) is 0 Å². The van der Waals surface area contributed by atoms with Crippen LogP contribution in [0.3, 0.4) is 0 Å². The Labute approximate surface area is 106 Å². The Morgan fingerprint density at radius 2 is 2.00 bits per heavy atom. The number of ether oxygens (including phenoxy) is 1. The minimum absolute atomic E-state index is 0.172. The van der Waals surface area contributed by atoms with Gasteiger partial charge in [-0.05, 0) is 31.2 Å². The highest BCUT2D eigenvalue weighted by Crippen LogP contribution is 2.27. The lowest BCUT2D eigenvalue weighted by Crippen LogP contribution is -2.40. The molecule has 18 heavy (non-hydrogen) atoms. The minimum Gasteiger partial charge on any atom is -0.379 e. The molecule has 1 atom stereocenters. The van der Waals surface area contributed by atoms with E-state index in [4.69, 9.17) is 10.5 Å². The Kier molecular flexibility index (Phi) is 4.63. The molecule has 1 heterocycles. The molecule has 3 nitrogen and oxygen atoms in total. The average molecular weight is 256 g/mol. The molecular weight excluding hydrogens is 238 g/mol. The van der Waals surface area contributed by atoms with Crippen LogP contribution in [0.2, 0.25) is 0 Å². The quantitative estimate of drug-likeness (QED) is 0.891. The molecule has 2 rings (SSSR count). The molecule has 0 saturated carbocycles. The van der Waals surface area contributed by atoms with Crippen LogP contribution in [-0.2, 0) is 4.74 Å². The van der Waals surface area contributed by atoms with Crippen LogP contribution < -0.4 is 5.73 Å². The van der Waals surface area contributed by atoms with Crippen molar-refractivity contribution in [3.8, 4) is 0 Å². The third kappa shape index (κ3) is 3.04. The van der Waals surface area contributed by atoms with E-state index in [9.17, 15) is 8.78 Å². The molecule has 2 N–H and O–H groups in total. The molecule has 100 valence electrons. The molecule has 1 unspecified atom stereocenters. The second-order valence-electron chi connectivity index (χ2n) is 4.41. The fraction of sp³-hybridized carbons (Fsp3) is 0.538. The summed E-state index contributed by atoms with van der Waals surface area (Å²) in [6.07, 6.45) is 0.611. The Hall–Kier alpha value is -1.04. The summed E-state index contributed by atoms with van der Waals surface area (Å²) in [7, 11) is 0. The predicted molar refractivity (Wildman–Crippen MR) is 65.2 cm³/mol. The second-order valence-corrected chi connectivity index (χ2v) is 4.41. The zero-order valence-corrected chi connectivity index (χ0v) is 10.2. The number of hydrogen-bond acceptors (Lipinski definition) is 3. The summed E-state index contributed by atoms with van der Waals surface area (Å²) in [4.78, 5) is 2.11. The van der Waals surface area contributed by atoms with Gasteiger partial charge in [0.1, 0.15) is 11.6 Å². The van der Waals surface area contributed by atoms with E-state index in [1.54, 1.807) is 0 Å². The number of nitrogens with two attached hydrogens (primary N) is 1. The van der Waals surface area contributed by atoms with Gasteiger partial charge in [-0.25, -0.2) is 8.78 Å². The largest absolute Gasteiger partial charge is 0.379 e. The van der Waals surface area contributed by atoms with Crippen molar-refractivity contribution in [2.45, 2.75) is 12.5 Å². The summed E-state index contributed by atoms with van der Waals surface area (Å²) in [6.45, 7) is 3.13. The van der Waals surface area contributed by atoms with Crippen molar-refractivity contribution in [3.63, 3.8) is 0 Å². The van der Waals surface area contributed by atoms with Crippen molar-refractivity contribution in [2.75, 3.05) is 32.8 Å². The molecule has 0 aromatic heterocycles. The van der Waals surface area contributed by atoms with E-state index in [1.165, 1.54) is 12.1 Å². The smallest absolute Gasteiger partial charge is 0.128 e. The number of halogens is 2. The van der Waals surface area contributed by atoms with E-state index in [2.05, 4.69) is 4.90 Å². The molecule has 0 radical (unpaired) electrons. The fourth-order valence-corrected chi connectivity index (χ4v) is 2.35. The van der Waals surface area contributed by atoms with Crippen LogP contribution in [-0.4, -0.2) is 37.7 Å². The molecule has 1 fully saturated rings. The van der Waals surface area contributed by atoms with Crippen molar-refractivity contribution >= 4 is 0 Å². The first kappa shape index (κ1) is 13.4. The van der Waals surface area contributed by atoms with Gasteiger partial charge in [-0.3, -0.25) is 4.90 Å². The fourth-order valence-electron chi connectivity index (χ4n) is 2.35. The summed E-state index contributed by atoms with van der Waals surface area (Å²) >= 11 is 0. The van der Waals surface area contributed by atoms with Gasteiger partial charge in [-0.2, -0.15) is 0 Å². The standard InChI is InChI=1S/C13H18F2N2O/c14-10-1-2-12(15)11(9-10)13(3-4-16)17-5-7-18-8-6-17/h1-2,9,13H,3-8,16H2. The average Bonchev–Trinajstić information content (AvgIpc) is 2.40. The summed E-state index contributed by atoms with van der Waals surface area (Å²) in [6, 6.07) is 3.41. The maximum Gasteiger partial charge on any atom is 0.128 e.